The van der Waals surface area contributed by atoms with Crippen molar-refractivity contribution in [3.8, 4) is 0 Å². The van der Waals surface area contributed by atoms with E-state index in [1.807, 2.05) is 11.8 Å². The van der Waals surface area contributed by atoms with Crippen LogP contribution >= 0.6 is 0 Å². The Kier molecular flexibility index (Phi) is 5.07. The molecule has 0 aliphatic carbocycles. The van der Waals surface area contributed by atoms with Crippen molar-refractivity contribution in [2.45, 2.75) is 39.2 Å². The zero-order valence-electron chi connectivity index (χ0n) is 14.7. The van der Waals surface area contributed by atoms with Gasteiger partial charge in [0.05, 0.1) is 0 Å². The molecule has 0 saturated carbocycles. The van der Waals surface area contributed by atoms with Crippen molar-refractivity contribution in [1.82, 2.24) is 9.80 Å². The fraction of sp³-hybridized carbons (Fsp3) is 0.579. The lowest BCUT2D eigenvalue weighted by Crippen LogP contribution is -2.48. The highest BCUT2D eigenvalue weighted by Crippen LogP contribution is 2.22. The van der Waals surface area contributed by atoms with E-state index in [2.05, 4.69) is 36.1 Å². The van der Waals surface area contributed by atoms with E-state index in [4.69, 9.17) is 0 Å². The lowest BCUT2D eigenvalue weighted by atomic mass is 10.2. The maximum atomic E-state index is 12.8. The second-order valence-electron chi connectivity index (χ2n) is 6.82. The first-order valence-electron chi connectivity index (χ1n) is 8.97. The Morgan fingerprint density at radius 2 is 1.83 bits per heavy atom. The van der Waals surface area contributed by atoms with Crippen LogP contribution in [-0.2, 0) is 9.59 Å². The van der Waals surface area contributed by atoms with Crippen LogP contribution in [0.1, 0.15) is 31.7 Å². The minimum atomic E-state index is -0.329. The van der Waals surface area contributed by atoms with Crippen LogP contribution < -0.4 is 4.90 Å². The molecule has 1 atom stereocenters. The first-order chi connectivity index (χ1) is 11.6. The number of aryl methyl sites for hydroxylation is 1. The van der Waals surface area contributed by atoms with Gasteiger partial charge in [-0.15, -0.1) is 0 Å². The number of carbonyl (C=O) groups is 2. The van der Waals surface area contributed by atoms with Crippen molar-refractivity contribution in [3.05, 3.63) is 29.8 Å². The van der Waals surface area contributed by atoms with Gasteiger partial charge in [-0.3, -0.25) is 9.59 Å². The van der Waals surface area contributed by atoms with E-state index in [-0.39, 0.29) is 17.9 Å². The van der Waals surface area contributed by atoms with Gasteiger partial charge in [-0.05, 0) is 38.3 Å². The number of carbonyl (C=O) groups excluding carboxylic acids is 2. The van der Waals surface area contributed by atoms with Crippen molar-refractivity contribution >= 4 is 17.5 Å². The summed E-state index contributed by atoms with van der Waals surface area (Å²) in [5.41, 5.74) is 2.53. The van der Waals surface area contributed by atoms with E-state index < -0.39 is 0 Å². The molecule has 0 aromatic heterocycles. The number of hydrogen-bond acceptors (Lipinski definition) is 3. The Balaban J connectivity index is 1.64. The van der Waals surface area contributed by atoms with Crippen LogP contribution in [0, 0.1) is 6.92 Å². The van der Waals surface area contributed by atoms with Crippen molar-refractivity contribution in [1.29, 1.82) is 0 Å². The molecule has 5 nitrogen and oxygen atoms in total. The molecule has 0 N–H and O–H groups in total. The van der Waals surface area contributed by atoms with Crippen LogP contribution in [0.3, 0.4) is 0 Å². The van der Waals surface area contributed by atoms with E-state index in [1.165, 1.54) is 11.3 Å². The van der Waals surface area contributed by atoms with E-state index in [9.17, 15) is 9.59 Å². The molecule has 2 aliphatic heterocycles. The molecule has 0 bridgehead atoms. The molecule has 2 aliphatic rings. The van der Waals surface area contributed by atoms with E-state index in [1.54, 1.807) is 4.90 Å². The van der Waals surface area contributed by atoms with Gasteiger partial charge >= 0.3 is 0 Å². The van der Waals surface area contributed by atoms with E-state index >= 15 is 0 Å². The number of rotatable bonds is 3. The summed E-state index contributed by atoms with van der Waals surface area (Å²) in [6, 6.07) is 8.08. The minimum Gasteiger partial charge on any atom is -0.369 e. The lowest BCUT2D eigenvalue weighted by Gasteiger charge is -2.30. The molecular formula is C19H27N3O2. The summed E-state index contributed by atoms with van der Waals surface area (Å²) in [6.45, 7) is 8.02. The fourth-order valence-corrected chi connectivity index (χ4v) is 3.77. The summed E-state index contributed by atoms with van der Waals surface area (Å²) in [5.74, 6) is 0.212. The Labute approximate surface area is 144 Å². The van der Waals surface area contributed by atoms with Gasteiger partial charge in [-0.2, -0.15) is 0 Å². The molecule has 2 heterocycles. The predicted octanol–water partition coefficient (Wildman–Crippen LogP) is 2.04. The summed E-state index contributed by atoms with van der Waals surface area (Å²) in [5, 5.41) is 0. The molecule has 0 radical (unpaired) electrons. The van der Waals surface area contributed by atoms with Crippen molar-refractivity contribution < 1.29 is 9.59 Å². The maximum Gasteiger partial charge on any atom is 0.245 e. The van der Waals surface area contributed by atoms with Gasteiger partial charge < -0.3 is 14.7 Å². The van der Waals surface area contributed by atoms with Gasteiger partial charge in [0.25, 0.3) is 0 Å². The molecule has 5 heteroatoms. The Morgan fingerprint density at radius 1 is 1.04 bits per heavy atom. The second-order valence-corrected chi connectivity index (χ2v) is 6.82. The molecule has 1 aromatic rings. The van der Waals surface area contributed by atoms with E-state index in [0.717, 1.165) is 45.6 Å². The monoisotopic (exact) mass is 329 g/mol. The quantitative estimate of drug-likeness (QED) is 0.852. The third-order valence-electron chi connectivity index (χ3n) is 5.20. The van der Waals surface area contributed by atoms with Crippen molar-refractivity contribution in [2.75, 3.05) is 37.6 Å². The molecule has 2 amide bonds. The average molecular weight is 329 g/mol. The highest BCUT2D eigenvalue weighted by molar-refractivity contribution is 5.88. The van der Waals surface area contributed by atoms with Crippen LogP contribution in [0.25, 0.3) is 0 Å². The largest absolute Gasteiger partial charge is 0.369 e. The molecule has 1 unspecified atom stereocenters. The molecule has 0 spiro atoms. The van der Waals surface area contributed by atoms with Gasteiger partial charge in [0.1, 0.15) is 6.04 Å². The first kappa shape index (κ1) is 16.8. The molecule has 3 rings (SSSR count). The maximum absolute atomic E-state index is 12.8. The van der Waals surface area contributed by atoms with Crippen LogP contribution in [0.4, 0.5) is 5.69 Å². The molecule has 2 saturated heterocycles. The van der Waals surface area contributed by atoms with Gasteiger partial charge in [0.2, 0.25) is 11.8 Å². The summed E-state index contributed by atoms with van der Waals surface area (Å²) < 4.78 is 0. The van der Waals surface area contributed by atoms with Gasteiger partial charge in [-0.25, -0.2) is 0 Å². The van der Waals surface area contributed by atoms with Crippen molar-refractivity contribution in [2.24, 2.45) is 0 Å². The third-order valence-corrected chi connectivity index (χ3v) is 5.20. The SMILES string of the molecule is Cc1ccccc1N1CCCN(C(=O)C(C)N2CCCC2=O)CC1. The summed E-state index contributed by atoms with van der Waals surface area (Å²) in [7, 11) is 0. The normalized spacial score (nSPS) is 20.2. The Bertz CT molecular complexity index is 616. The number of hydrogen-bond donors (Lipinski definition) is 0. The first-order valence-corrected chi connectivity index (χ1v) is 8.97. The standard InChI is InChI=1S/C19H27N3O2/c1-15-7-3-4-8-17(15)20-10-6-11-21(14-13-20)19(24)16(2)22-12-5-9-18(22)23/h3-4,7-8,16H,5-6,9-14H2,1-2H3. The third kappa shape index (κ3) is 3.40. The smallest absolute Gasteiger partial charge is 0.245 e. The van der Waals surface area contributed by atoms with E-state index in [0.29, 0.717) is 6.42 Å². The van der Waals surface area contributed by atoms with Gasteiger partial charge in [0, 0.05) is 44.8 Å². The zero-order valence-corrected chi connectivity index (χ0v) is 14.7. The molecular weight excluding hydrogens is 302 g/mol. The topological polar surface area (TPSA) is 43.9 Å². The Hall–Kier alpha value is -2.04. The Morgan fingerprint density at radius 3 is 2.54 bits per heavy atom. The van der Waals surface area contributed by atoms with Crippen LogP contribution in [0.15, 0.2) is 24.3 Å². The number of likely N-dealkylation sites (tertiary alicyclic amines) is 1. The van der Waals surface area contributed by atoms with Crippen LogP contribution in [-0.4, -0.2) is 60.4 Å². The second kappa shape index (κ2) is 7.24. The summed E-state index contributed by atoms with van der Waals surface area (Å²) >= 11 is 0. The van der Waals surface area contributed by atoms with Crippen LogP contribution in [0.5, 0.6) is 0 Å². The minimum absolute atomic E-state index is 0.0943. The fourth-order valence-electron chi connectivity index (χ4n) is 3.77. The van der Waals surface area contributed by atoms with Gasteiger partial charge in [0.15, 0.2) is 0 Å². The predicted molar refractivity (Wildman–Crippen MR) is 95.0 cm³/mol. The highest BCUT2D eigenvalue weighted by atomic mass is 16.2. The molecule has 2 fully saturated rings. The highest BCUT2D eigenvalue weighted by Gasteiger charge is 2.32. The van der Waals surface area contributed by atoms with Crippen LogP contribution in [0.2, 0.25) is 0 Å². The average Bonchev–Trinajstić information content (AvgIpc) is 2.86. The van der Waals surface area contributed by atoms with Gasteiger partial charge in [-0.1, -0.05) is 18.2 Å². The molecule has 24 heavy (non-hydrogen) atoms. The number of nitrogens with zero attached hydrogens (tertiary/aromatic N) is 3. The molecule has 130 valence electrons. The lowest BCUT2D eigenvalue weighted by molar-refractivity contribution is -0.142. The number of amides is 2. The number of benzene rings is 1. The molecule has 1 aromatic carbocycles. The van der Waals surface area contributed by atoms with Crippen molar-refractivity contribution in [3.63, 3.8) is 0 Å². The number of anilines is 1. The summed E-state index contributed by atoms with van der Waals surface area (Å²) in [6.07, 6.45) is 2.41. The zero-order chi connectivity index (χ0) is 17.1. The number of para-hydroxylation sites is 1. The summed E-state index contributed by atoms with van der Waals surface area (Å²) in [4.78, 5) is 30.8.